The highest BCUT2D eigenvalue weighted by atomic mass is 16.7. The number of carbonyl (C=O) groups excluding carboxylic acids is 5. The number of piperidine rings is 1. The molecule has 0 aromatic heterocycles. The average Bonchev–Trinajstić information content (AvgIpc) is 3.35. The summed E-state index contributed by atoms with van der Waals surface area (Å²) in [5.41, 5.74) is 3.28. The highest BCUT2D eigenvalue weighted by Gasteiger charge is 2.48. The molecule has 4 atom stereocenters. The third-order valence-corrected chi connectivity index (χ3v) is 6.62. The minimum Gasteiger partial charge on any atom is -0.444 e. The number of hydrogen-bond acceptors (Lipinski definition) is 8. The molecule has 3 heterocycles. The molecule has 0 aromatic carbocycles. The summed E-state index contributed by atoms with van der Waals surface area (Å²) in [5, 5.41) is 4.05. The molecular weight excluding hydrogens is 524 g/mol. The number of rotatable bonds is 7. The van der Waals surface area contributed by atoms with Crippen LogP contribution in [0.2, 0.25) is 0 Å². The summed E-state index contributed by atoms with van der Waals surface area (Å²) < 4.78 is 10.8. The van der Waals surface area contributed by atoms with Gasteiger partial charge in [-0.25, -0.2) is 14.4 Å². The lowest BCUT2D eigenvalue weighted by atomic mass is 10.0. The van der Waals surface area contributed by atoms with Crippen LogP contribution in [0.1, 0.15) is 80.6 Å². The molecule has 0 aromatic rings. The second-order valence-electron chi connectivity index (χ2n) is 12.4. The number of ether oxygens (including phenoxy) is 2. The lowest BCUT2D eigenvalue weighted by molar-refractivity contribution is -0.134. The van der Waals surface area contributed by atoms with E-state index in [-0.39, 0.29) is 25.0 Å². The SMILES string of the molecule is CCCCON1C(=O)N2C[C@@H]1CC[C@H]2C(=O)NNC(=O)[C@H]1C[C@H](NC(=O)OC(C)(C)C)CN1C(=O)OC(C)(C)C. The van der Waals surface area contributed by atoms with Crippen LogP contribution in [0.25, 0.3) is 0 Å². The Morgan fingerprint density at radius 3 is 2.12 bits per heavy atom. The molecule has 2 bridgehead atoms. The van der Waals surface area contributed by atoms with Gasteiger partial charge in [-0.3, -0.25) is 30.2 Å². The highest BCUT2D eigenvalue weighted by molar-refractivity contribution is 5.92. The lowest BCUT2D eigenvalue weighted by Gasteiger charge is -2.30. The maximum absolute atomic E-state index is 13.2. The molecule has 3 saturated heterocycles. The van der Waals surface area contributed by atoms with Gasteiger partial charge in [0.25, 0.3) is 11.8 Å². The van der Waals surface area contributed by atoms with E-state index < -0.39 is 53.3 Å². The number of hydroxylamine groups is 2. The quantitative estimate of drug-likeness (QED) is 0.311. The molecule has 0 unspecified atom stereocenters. The molecule has 6 amide bonds. The van der Waals surface area contributed by atoms with Gasteiger partial charge in [-0.1, -0.05) is 13.3 Å². The van der Waals surface area contributed by atoms with Crippen molar-refractivity contribution in [3.63, 3.8) is 0 Å². The van der Waals surface area contributed by atoms with Gasteiger partial charge in [0.1, 0.15) is 23.3 Å². The molecule has 3 rings (SSSR count). The van der Waals surface area contributed by atoms with Gasteiger partial charge in [0, 0.05) is 13.1 Å². The molecule has 40 heavy (non-hydrogen) atoms. The van der Waals surface area contributed by atoms with Crippen molar-refractivity contribution in [3.05, 3.63) is 0 Å². The third-order valence-electron chi connectivity index (χ3n) is 6.62. The first-order valence-corrected chi connectivity index (χ1v) is 13.9. The number of carbonyl (C=O) groups is 5. The fourth-order valence-corrected chi connectivity index (χ4v) is 4.85. The van der Waals surface area contributed by atoms with Crippen molar-refractivity contribution in [1.82, 2.24) is 31.0 Å². The molecule has 0 radical (unpaired) electrons. The monoisotopic (exact) mass is 568 g/mol. The van der Waals surface area contributed by atoms with E-state index in [1.54, 1.807) is 41.5 Å². The molecule has 14 heteroatoms. The Bertz CT molecular complexity index is 977. The molecule has 0 saturated carbocycles. The summed E-state index contributed by atoms with van der Waals surface area (Å²) in [4.78, 5) is 72.5. The zero-order valence-electron chi connectivity index (χ0n) is 24.6. The Morgan fingerprint density at radius 2 is 1.52 bits per heavy atom. The highest BCUT2D eigenvalue weighted by Crippen LogP contribution is 2.30. The van der Waals surface area contributed by atoms with Gasteiger partial charge < -0.3 is 19.7 Å². The van der Waals surface area contributed by atoms with Crippen LogP contribution in [0.15, 0.2) is 0 Å². The third kappa shape index (κ3) is 8.12. The Kier molecular flexibility index (Phi) is 9.75. The first kappa shape index (κ1) is 31.2. The predicted molar refractivity (Wildman–Crippen MR) is 142 cm³/mol. The maximum atomic E-state index is 13.2. The number of urea groups is 1. The normalized spacial score (nSPS) is 24.6. The molecule has 226 valence electrons. The van der Waals surface area contributed by atoms with E-state index in [0.717, 1.165) is 12.8 Å². The first-order chi connectivity index (χ1) is 18.6. The Morgan fingerprint density at radius 1 is 0.900 bits per heavy atom. The Balaban J connectivity index is 1.61. The van der Waals surface area contributed by atoms with Crippen LogP contribution in [0.5, 0.6) is 0 Å². The van der Waals surface area contributed by atoms with Crippen molar-refractivity contribution in [2.75, 3.05) is 19.7 Å². The number of unbranched alkanes of at least 4 members (excludes halogenated alkanes) is 1. The van der Waals surface area contributed by atoms with Crippen LogP contribution in [0.4, 0.5) is 14.4 Å². The van der Waals surface area contributed by atoms with Crippen molar-refractivity contribution >= 4 is 30.0 Å². The molecule has 0 aliphatic carbocycles. The van der Waals surface area contributed by atoms with Crippen molar-refractivity contribution in [2.45, 2.75) is 116 Å². The van der Waals surface area contributed by atoms with E-state index in [4.69, 9.17) is 14.3 Å². The minimum atomic E-state index is -1.03. The van der Waals surface area contributed by atoms with Crippen LogP contribution in [-0.2, 0) is 23.9 Å². The van der Waals surface area contributed by atoms with Crippen molar-refractivity contribution < 1.29 is 38.3 Å². The van der Waals surface area contributed by atoms with Crippen LogP contribution in [0, 0.1) is 0 Å². The molecule has 3 aliphatic rings. The van der Waals surface area contributed by atoms with Gasteiger partial charge >= 0.3 is 18.2 Å². The number of fused-ring (bicyclic) bond motifs is 2. The fraction of sp³-hybridized carbons (Fsp3) is 0.808. The largest absolute Gasteiger partial charge is 0.444 e. The molecule has 3 N–H and O–H groups in total. The zero-order chi connectivity index (χ0) is 29.8. The summed E-state index contributed by atoms with van der Waals surface area (Å²) in [6.45, 7) is 13.1. The second kappa shape index (κ2) is 12.5. The zero-order valence-corrected chi connectivity index (χ0v) is 24.6. The summed E-state index contributed by atoms with van der Waals surface area (Å²) >= 11 is 0. The molecule has 3 aliphatic heterocycles. The fourth-order valence-electron chi connectivity index (χ4n) is 4.85. The Labute approximate surface area is 235 Å². The summed E-state index contributed by atoms with van der Waals surface area (Å²) in [7, 11) is 0. The van der Waals surface area contributed by atoms with Gasteiger partial charge in [0.15, 0.2) is 0 Å². The smallest absolute Gasteiger partial charge is 0.411 e. The molecular formula is C26H44N6O8. The molecule has 0 spiro atoms. The van der Waals surface area contributed by atoms with Crippen LogP contribution in [-0.4, -0.2) is 100.0 Å². The van der Waals surface area contributed by atoms with Gasteiger partial charge in [0.2, 0.25) is 0 Å². The van der Waals surface area contributed by atoms with E-state index in [1.807, 2.05) is 6.92 Å². The number of nitrogens with zero attached hydrogens (tertiary/aromatic N) is 3. The van der Waals surface area contributed by atoms with Gasteiger partial charge in [-0.15, -0.1) is 0 Å². The molecule has 14 nitrogen and oxygen atoms in total. The standard InChI is InChI=1S/C26H44N6O8/c1-8-9-12-38-32-17-10-11-18(30(15-17)23(32)36)20(33)28-29-21(34)19-13-16(27-22(35)39-25(2,3)4)14-31(19)24(37)40-26(5,6)7/h16-19H,8-15H2,1-7H3,(H,27,35)(H,28,33)(H,29,34)/t16-,17-,18-,19+/m0/s1. The Hall–Kier alpha value is -3.29. The van der Waals surface area contributed by atoms with Gasteiger partial charge in [-0.05, 0) is 67.2 Å². The van der Waals surface area contributed by atoms with Gasteiger partial charge in [-0.2, -0.15) is 5.06 Å². The lowest BCUT2D eigenvalue weighted by Crippen LogP contribution is -2.57. The van der Waals surface area contributed by atoms with Crippen molar-refractivity contribution in [3.8, 4) is 0 Å². The van der Waals surface area contributed by atoms with Crippen LogP contribution >= 0.6 is 0 Å². The first-order valence-electron chi connectivity index (χ1n) is 13.9. The van der Waals surface area contributed by atoms with Crippen molar-refractivity contribution in [2.24, 2.45) is 0 Å². The summed E-state index contributed by atoms with van der Waals surface area (Å²) in [5.74, 6) is -1.19. The van der Waals surface area contributed by atoms with E-state index in [0.29, 0.717) is 26.0 Å². The number of hydrogen-bond donors (Lipinski definition) is 3. The minimum absolute atomic E-state index is 0.0142. The maximum Gasteiger partial charge on any atom is 0.411 e. The van der Waals surface area contributed by atoms with E-state index in [2.05, 4.69) is 16.2 Å². The molecule has 3 fully saturated rings. The van der Waals surface area contributed by atoms with Crippen LogP contribution < -0.4 is 16.2 Å². The second-order valence-corrected chi connectivity index (χ2v) is 12.4. The number of hydrazine groups is 1. The van der Waals surface area contributed by atoms with Crippen LogP contribution in [0.3, 0.4) is 0 Å². The average molecular weight is 569 g/mol. The topological polar surface area (TPSA) is 159 Å². The number of nitrogens with one attached hydrogen (secondary N) is 3. The van der Waals surface area contributed by atoms with E-state index in [1.165, 1.54) is 14.9 Å². The van der Waals surface area contributed by atoms with E-state index >= 15 is 0 Å². The number of alkyl carbamates (subject to hydrolysis) is 1. The number of likely N-dealkylation sites (tertiary alicyclic amines) is 1. The number of amides is 6. The predicted octanol–water partition coefficient (Wildman–Crippen LogP) is 2.04. The summed E-state index contributed by atoms with van der Waals surface area (Å²) in [6, 6.07) is -2.85. The van der Waals surface area contributed by atoms with E-state index in [9.17, 15) is 24.0 Å². The summed E-state index contributed by atoms with van der Waals surface area (Å²) in [6.07, 6.45) is 1.45. The van der Waals surface area contributed by atoms with Crippen molar-refractivity contribution in [1.29, 1.82) is 0 Å². The van der Waals surface area contributed by atoms with Gasteiger partial charge in [0.05, 0.1) is 18.7 Å².